The highest BCUT2D eigenvalue weighted by atomic mass is 79.9. The molecule has 1 rings (SSSR count). The minimum absolute atomic E-state index is 0.396. The van der Waals surface area contributed by atoms with Crippen LogP contribution in [-0.4, -0.2) is 26.5 Å². The number of carbonyl (C=O) groups excluding carboxylic acids is 1. The molecule has 1 aromatic carbocycles. The van der Waals surface area contributed by atoms with Crippen molar-refractivity contribution < 1.29 is 9.53 Å². The normalized spacial score (nSPS) is 10.5. The second-order valence-corrected chi connectivity index (χ2v) is 5.11. The molecule has 0 saturated carbocycles. The van der Waals surface area contributed by atoms with Crippen LogP contribution in [0.2, 0.25) is 0 Å². The first-order valence-corrected chi connectivity index (χ1v) is 6.80. The zero-order valence-corrected chi connectivity index (χ0v) is 13.0. The van der Waals surface area contributed by atoms with Crippen LogP contribution < -0.4 is 10.1 Å². The highest BCUT2D eigenvalue weighted by molar-refractivity contribution is 9.10. The van der Waals surface area contributed by atoms with E-state index in [-0.39, 0.29) is 0 Å². The molecule has 1 N–H and O–H groups in total. The Kier molecular flexibility index (Phi) is 5.82. The molecule has 0 aromatic heterocycles. The summed E-state index contributed by atoms with van der Waals surface area (Å²) in [5.41, 5.74) is 4.79. The molecule has 0 heterocycles. The van der Waals surface area contributed by atoms with Crippen LogP contribution in [0.15, 0.2) is 4.47 Å². The fourth-order valence-electron chi connectivity index (χ4n) is 2.10. The zero-order valence-electron chi connectivity index (χ0n) is 11.4. The van der Waals surface area contributed by atoms with E-state index in [4.69, 9.17) is 4.74 Å². The molecule has 0 atom stereocenters. The van der Waals surface area contributed by atoms with Crippen LogP contribution in [0.3, 0.4) is 0 Å². The molecule has 18 heavy (non-hydrogen) atoms. The Labute approximate surface area is 117 Å². The van der Waals surface area contributed by atoms with Gasteiger partial charge in [-0.15, -0.1) is 0 Å². The third-order valence-corrected chi connectivity index (χ3v) is 4.46. The van der Waals surface area contributed by atoms with Crippen molar-refractivity contribution in [2.75, 3.05) is 20.2 Å². The second kappa shape index (κ2) is 6.90. The fourth-order valence-corrected chi connectivity index (χ4v) is 2.63. The maximum Gasteiger partial charge on any atom is 0.133 e. The van der Waals surface area contributed by atoms with E-state index in [1.54, 1.807) is 7.11 Å². The quantitative estimate of drug-likeness (QED) is 0.648. The van der Waals surface area contributed by atoms with Gasteiger partial charge in [0, 0.05) is 4.47 Å². The van der Waals surface area contributed by atoms with Gasteiger partial charge in [0.1, 0.15) is 12.0 Å². The van der Waals surface area contributed by atoms with Crippen molar-refractivity contribution in [2.45, 2.75) is 27.2 Å². The van der Waals surface area contributed by atoms with Crippen molar-refractivity contribution in [1.29, 1.82) is 0 Å². The molecule has 0 radical (unpaired) electrons. The Balaban J connectivity index is 3.05. The summed E-state index contributed by atoms with van der Waals surface area (Å²) in [5, 5.41) is 3.08. The number of aldehydes is 1. The molecule has 0 aliphatic carbocycles. The fraction of sp³-hybridized carbons (Fsp3) is 0.500. The molecule has 0 bridgehead atoms. The summed E-state index contributed by atoms with van der Waals surface area (Å²) in [4.78, 5) is 10.3. The summed E-state index contributed by atoms with van der Waals surface area (Å²) in [6.07, 6.45) is 1.73. The lowest BCUT2D eigenvalue weighted by molar-refractivity contribution is -0.107. The number of halogens is 1. The maximum absolute atomic E-state index is 10.3. The summed E-state index contributed by atoms with van der Waals surface area (Å²) >= 11 is 3.63. The van der Waals surface area contributed by atoms with Gasteiger partial charge in [-0.25, -0.2) is 0 Å². The van der Waals surface area contributed by atoms with E-state index in [1.807, 2.05) is 0 Å². The Hall–Kier alpha value is -0.870. The van der Waals surface area contributed by atoms with Gasteiger partial charge >= 0.3 is 0 Å². The van der Waals surface area contributed by atoms with Crippen molar-refractivity contribution in [3.63, 3.8) is 0 Å². The molecule has 3 nitrogen and oxygen atoms in total. The Morgan fingerprint density at radius 1 is 1.22 bits per heavy atom. The van der Waals surface area contributed by atoms with Crippen molar-refractivity contribution in [1.82, 2.24) is 5.32 Å². The van der Waals surface area contributed by atoms with Gasteiger partial charge in [-0.2, -0.15) is 0 Å². The molecule has 0 fully saturated rings. The summed E-state index contributed by atoms with van der Waals surface area (Å²) in [7, 11) is 1.71. The minimum Gasteiger partial charge on any atom is -0.496 e. The van der Waals surface area contributed by atoms with Gasteiger partial charge in [0.2, 0.25) is 0 Å². The number of benzene rings is 1. The van der Waals surface area contributed by atoms with Crippen LogP contribution in [0.4, 0.5) is 0 Å². The monoisotopic (exact) mass is 313 g/mol. The van der Waals surface area contributed by atoms with Gasteiger partial charge in [0.05, 0.1) is 13.7 Å². The zero-order chi connectivity index (χ0) is 13.7. The summed E-state index contributed by atoms with van der Waals surface area (Å²) in [6, 6.07) is 0. The van der Waals surface area contributed by atoms with E-state index in [0.717, 1.165) is 29.5 Å². The van der Waals surface area contributed by atoms with Crippen molar-refractivity contribution in [3.8, 4) is 5.75 Å². The molecule has 0 aliphatic rings. The highest BCUT2D eigenvalue weighted by Crippen LogP contribution is 2.36. The number of hydrogen-bond donors (Lipinski definition) is 1. The summed E-state index contributed by atoms with van der Waals surface area (Å²) in [5.74, 6) is 0.959. The number of nitrogens with one attached hydrogen (secondary N) is 1. The summed E-state index contributed by atoms with van der Waals surface area (Å²) in [6.45, 7) is 7.41. The van der Waals surface area contributed by atoms with E-state index in [2.05, 4.69) is 42.0 Å². The number of carbonyl (C=O) groups is 1. The van der Waals surface area contributed by atoms with Gasteiger partial charge < -0.3 is 14.8 Å². The molecule has 0 saturated heterocycles. The standard InChI is InChI=1S/C14H20BrNO2/c1-9-10(2)14(18-4)12(11(3)13(9)15)5-6-16-7-8-17/h8,16H,5-7H2,1-4H3. The van der Waals surface area contributed by atoms with Gasteiger partial charge in [0.15, 0.2) is 0 Å². The average molecular weight is 314 g/mol. The topological polar surface area (TPSA) is 38.3 Å². The largest absolute Gasteiger partial charge is 0.496 e. The molecule has 0 aliphatic heterocycles. The van der Waals surface area contributed by atoms with Crippen molar-refractivity contribution in [3.05, 3.63) is 26.7 Å². The van der Waals surface area contributed by atoms with E-state index in [9.17, 15) is 4.79 Å². The molecule has 100 valence electrons. The Morgan fingerprint density at radius 3 is 2.44 bits per heavy atom. The first kappa shape index (κ1) is 15.2. The lowest BCUT2D eigenvalue weighted by Crippen LogP contribution is -2.20. The summed E-state index contributed by atoms with van der Waals surface area (Å²) < 4.78 is 6.68. The van der Waals surface area contributed by atoms with Gasteiger partial charge in [0.25, 0.3) is 0 Å². The van der Waals surface area contributed by atoms with E-state index < -0.39 is 0 Å². The molecule has 0 spiro atoms. The Morgan fingerprint density at radius 2 is 1.89 bits per heavy atom. The third-order valence-electron chi connectivity index (χ3n) is 3.27. The van der Waals surface area contributed by atoms with E-state index in [0.29, 0.717) is 6.54 Å². The lowest BCUT2D eigenvalue weighted by Gasteiger charge is -2.19. The van der Waals surface area contributed by atoms with Crippen molar-refractivity contribution in [2.24, 2.45) is 0 Å². The average Bonchev–Trinajstić information content (AvgIpc) is 2.38. The number of ether oxygens (including phenoxy) is 1. The number of rotatable bonds is 6. The molecule has 1 aromatic rings. The molecular formula is C14H20BrNO2. The first-order valence-electron chi connectivity index (χ1n) is 6.01. The van der Waals surface area contributed by atoms with Crippen LogP contribution in [0.1, 0.15) is 22.3 Å². The van der Waals surface area contributed by atoms with E-state index >= 15 is 0 Å². The lowest BCUT2D eigenvalue weighted by atomic mass is 9.97. The maximum atomic E-state index is 10.3. The molecule has 4 heteroatoms. The van der Waals surface area contributed by atoms with Gasteiger partial charge in [-0.3, -0.25) is 0 Å². The smallest absolute Gasteiger partial charge is 0.133 e. The number of methoxy groups -OCH3 is 1. The van der Waals surface area contributed by atoms with Crippen molar-refractivity contribution >= 4 is 22.2 Å². The van der Waals surface area contributed by atoms with E-state index in [1.165, 1.54) is 22.3 Å². The second-order valence-electron chi connectivity index (χ2n) is 4.32. The minimum atomic E-state index is 0.396. The highest BCUT2D eigenvalue weighted by Gasteiger charge is 2.16. The first-order chi connectivity index (χ1) is 8.54. The third kappa shape index (κ3) is 3.12. The molecular weight excluding hydrogens is 294 g/mol. The Bertz CT molecular complexity index is 444. The van der Waals surface area contributed by atoms with Crippen LogP contribution >= 0.6 is 15.9 Å². The predicted molar refractivity (Wildman–Crippen MR) is 77.5 cm³/mol. The van der Waals surface area contributed by atoms with Crippen LogP contribution in [0.5, 0.6) is 5.75 Å². The SMILES string of the molecule is COc1c(C)c(C)c(Br)c(C)c1CCNCC=O. The van der Waals surface area contributed by atoms with Crippen LogP contribution in [0.25, 0.3) is 0 Å². The van der Waals surface area contributed by atoms with Crippen LogP contribution in [-0.2, 0) is 11.2 Å². The molecule has 0 unspecified atom stereocenters. The van der Waals surface area contributed by atoms with Crippen LogP contribution in [0, 0.1) is 20.8 Å². The van der Waals surface area contributed by atoms with Gasteiger partial charge in [-0.05, 0) is 56.0 Å². The number of hydrogen-bond acceptors (Lipinski definition) is 3. The predicted octanol–water partition coefficient (Wildman–Crippen LogP) is 2.71. The van der Waals surface area contributed by atoms with Gasteiger partial charge in [-0.1, -0.05) is 15.9 Å². The molecule has 0 amide bonds.